The van der Waals surface area contributed by atoms with E-state index in [4.69, 9.17) is 16.0 Å². The molecule has 0 bridgehead atoms. The molecular formula is C17H13ClN2O2. The van der Waals surface area contributed by atoms with Gasteiger partial charge in [-0.25, -0.2) is 0 Å². The molecule has 3 aromatic rings. The zero-order valence-electron chi connectivity index (χ0n) is 11.6. The number of fused-ring (bicyclic) bond motifs is 1. The molecule has 1 aromatic heterocycles. The maximum Gasteiger partial charge on any atom is 0.269 e. The van der Waals surface area contributed by atoms with Gasteiger partial charge in [-0.15, -0.1) is 0 Å². The van der Waals surface area contributed by atoms with E-state index in [1.807, 2.05) is 30.3 Å². The maximum atomic E-state index is 12.0. The summed E-state index contributed by atoms with van der Waals surface area (Å²) in [4.78, 5) is 12.0. The van der Waals surface area contributed by atoms with Gasteiger partial charge in [-0.3, -0.25) is 15.6 Å². The van der Waals surface area contributed by atoms with Crippen molar-refractivity contribution in [1.82, 2.24) is 10.9 Å². The summed E-state index contributed by atoms with van der Waals surface area (Å²) in [7, 11) is 0. The first-order valence-corrected chi connectivity index (χ1v) is 7.01. The molecule has 0 aliphatic carbocycles. The highest BCUT2D eigenvalue weighted by Crippen LogP contribution is 2.22. The Balaban J connectivity index is 1.66. The average molecular weight is 313 g/mol. The van der Waals surface area contributed by atoms with Crippen molar-refractivity contribution in [2.75, 3.05) is 0 Å². The second-order valence-electron chi connectivity index (χ2n) is 4.71. The molecule has 0 radical (unpaired) electrons. The minimum Gasteiger partial charge on any atom is -0.454 e. The standard InChI is InChI=1S/C17H13ClN2O2/c1-11(16-10-13-4-2-3-5-15(13)22-16)19-20-17(21)12-6-8-14(18)9-7-12/h2-10,19H,1H2,(H,20,21). The van der Waals surface area contributed by atoms with Crippen molar-refractivity contribution in [2.24, 2.45) is 0 Å². The summed E-state index contributed by atoms with van der Waals surface area (Å²) in [6.45, 7) is 3.86. The van der Waals surface area contributed by atoms with Gasteiger partial charge in [0, 0.05) is 16.0 Å². The number of amides is 1. The number of halogens is 1. The highest BCUT2D eigenvalue weighted by atomic mass is 35.5. The molecule has 0 saturated heterocycles. The van der Waals surface area contributed by atoms with Gasteiger partial charge < -0.3 is 4.42 Å². The van der Waals surface area contributed by atoms with Crippen molar-refractivity contribution in [1.29, 1.82) is 0 Å². The molecular weight excluding hydrogens is 300 g/mol. The first-order valence-electron chi connectivity index (χ1n) is 6.63. The van der Waals surface area contributed by atoms with Gasteiger partial charge in [0.25, 0.3) is 5.91 Å². The first kappa shape index (κ1) is 14.2. The maximum absolute atomic E-state index is 12.0. The minimum atomic E-state index is -0.283. The van der Waals surface area contributed by atoms with Crippen LogP contribution in [-0.2, 0) is 0 Å². The quantitative estimate of drug-likeness (QED) is 0.716. The summed E-state index contributed by atoms with van der Waals surface area (Å²) in [5.74, 6) is 0.284. The van der Waals surface area contributed by atoms with Crippen LogP contribution in [0.3, 0.4) is 0 Å². The minimum absolute atomic E-state index is 0.283. The molecule has 22 heavy (non-hydrogen) atoms. The highest BCUT2D eigenvalue weighted by molar-refractivity contribution is 6.30. The summed E-state index contributed by atoms with van der Waals surface area (Å²) >= 11 is 5.79. The van der Waals surface area contributed by atoms with Crippen LogP contribution in [0.5, 0.6) is 0 Å². The van der Waals surface area contributed by atoms with Crippen LogP contribution >= 0.6 is 11.6 Å². The molecule has 0 atom stereocenters. The van der Waals surface area contributed by atoms with Crippen LogP contribution in [0.4, 0.5) is 0 Å². The fraction of sp³-hybridized carbons (Fsp3) is 0. The Kier molecular flexibility index (Phi) is 3.85. The number of hydrogen-bond acceptors (Lipinski definition) is 3. The van der Waals surface area contributed by atoms with Gasteiger partial charge in [-0.2, -0.15) is 0 Å². The molecule has 0 spiro atoms. The number of benzene rings is 2. The van der Waals surface area contributed by atoms with E-state index in [0.29, 0.717) is 22.0 Å². The molecule has 0 fully saturated rings. The number of para-hydroxylation sites is 1. The molecule has 0 saturated carbocycles. The lowest BCUT2D eigenvalue weighted by Gasteiger charge is -2.09. The molecule has 1 heterocycles. The number of hydrazine groups is 1. The van der Waals surface area contributed by atoms with Crippen LogP contribution in [0.2, 0.25) is 5.02 Å². The summed E-state index contributed by atoms with van der Waals surface area (Å²) < 4.78 is 5.65. The number of carbonyl (C=O) groups is 1. The predicted octanol–water partition coefficient (Wildman–Crippen LogP) is 3.99. The predicted molar refractivity (Wildman–Crippen MR) is 87.3 cm³/mol. The van der Waals surface area contributed by atoms with Crippen molar-refractivity contribution in [2.45, 2.75) is 0 Å². The van der Waals surface area contributed by atoms with E-state index in [1.165, 1.54) is 0 Å². The third-order valence-electron chi connectivity index (χ3n) is 3.16. The molecule has 4 nitrogen and oxygen atoms in total. The Morgan fingerprint density at radius 1 is 1.05 bits per heavy atom. The number of nitrogens with one attached hydrogen (secondary N) is 2. The molecule has 110 valence electrons. The summed E-state index contributed by atoms with van der Waals surface area (Å²) in [5.41, 5.74) is 7.06. The molecule has 0 aliphatic heterocycles. The molecule has 2 aromatic carbocycles. The zero-order chi connectivity index (χ0) is 15.5. The van der Waals surface area contributed by atoms with Crippen LogP contribution in [-0.4, -0.2) is 5.91 Å². The van der Waals surface area contributed by atoms with Gasteiger partial charge in [0.1, 0.15) is 5.58 Å². The fourth-order valence-electron chi connectivity index (χ4n) is 2.00. The molecule has 1 amide bonds. The van der Waals surface area contributed by atoms with Crippen molar-refractivity contribution in [3.05, 3.63) is 77.5 Å². The summed E-state index contributed by atoms with van der Waals surface area (Å²) in [6.07, 6.45) is 0. The van der Waals surface area contributed by atoms with E-state index in [9.17, 15) is 4.79 Å². The van der Waals surface area contributed by atoms with E-state index in [-0.39, 0.29) is 5.91 Å². The van der Waals surface area contributed by atoms with Crippen molar-refractivity contribution < 1.29 is 9.21 Å². The molecule has 2 N–H and O–H groups in total. The zero-order valence-corrected chi connectivity index (χ0v) is 12.4. The Bertz CT molecular complexity index is 804. The lowest BCUT2D eigenvalue weighted by atomic mass is 10.2. The third-order valence-corrected chi connectivity index (χ3v) is 3.41. The first-order chi connectivity index (χ1) is 10.6. The van der Waals surface area contributed by atoms with E-state index >= 15 is 0 Å². The van der Waals surface area contributed by atoms with Crippen molar-refractivity contribution >= 4 is 34.2 Å². The second-order valence-corrected chi connectivity index (χ2v) is 5.15. The Morgan fingerprint density at radius 2 is 1.77 bits per heavy atom. The van der Waals surface area contributed by atoms with Crippen LogP contribution in [0.1, 0.15) is 16.1 Å². The van der Waals surface area contributed by atoms with Crippen LogP contribution in [0.25, 0.3) is 16.7 Å². The Hall–Kier alpha value is -2.72. The van der Waals surface area contributed by atoms with Gasteiger partial charge in [-0.05, 0) is 36.4 Å². The lowest BCUT2D eigenvalue weighted by Crippen LogP contribution is -2.35. The molecule has 3 rings (SSSR count). The lowest BCUT2D eigenvalue weighted by molar-refractivity contribution is 0.0942. The van der Waals surface area contributed by atoms with Gasteiger partial charge >= 0.3 is 0 Å². The second kappa shape index (κ2) is 5.95. The molecule has 0 unspecified atom stereocenters. The largest absolute Gasteiger partial charge is 0.454 e. The number of rotatable bonds is 4. The summed E-state index contributed by atoms with van der Waals surface area (Å²) in [6, 6.07) is 16.1. The SMILES string of the molecule is C=C(NNC(=O)c1ccc(Cl)cc1)c1cc2ccccc2o1. The van der Waals surface area contributed by atoms with E-state index in [2.05, 4.69) is 17.4 Å². The monoisotopic (exact) mass is 312 g/mol. The van der Waals surface area contributed by atoms with E-state index < -0.39 is 0 Å². The number of hydrogen-bond donors (Lipinski definition) is 2. The fourth-order valence-corrected chi connectivity index (χ4v) is 2.12. The third kappa shape index (κ3) is 2.97. The smallest absolute Gasteiger partial charge is 0.269 e. The van der Waals surface area contributed by atoms with E-state index in [1.54, 1.807) is 24.3 Å². The van der Waals surface area contributed by atoms with Gasteiger partial charge in [0.15, 0.2) is 5.76 Å². The van der Waals surface area contributed by atoms with E-state index in [0.717, 1.165) is 11.0 Å². The molecule has 0 aliphatic rings. The average Bonchev–Trinajstić information content (AvgIpc) is 2.97. The summed E-state index contributed by atoms with van der Waals surface area (Å²) in [5, 5.41) is 1.56. The van der Waals surface area contributed by atoms with Gasteiger partial charge in [-0.1, -0.05) is 36.4 Å². The van der Waals surface area contributed by atoms with Crippen molar-refractivity contribution in [3.63, 3.8) is 0 Å². The van der Waals surface area contributed by atoms with Crippen LogP contribution < -0.4 is 10.9 Å². The Labute approximate surface area is 132 Å². The van der Waals surface area contributed by atoms with Crippen LogP contribution in [0, 0.1) is 0 Å². The molecule has 5 heteroatoms. The van der Waals surface area contributed by atoms with Crippen molar-refractivity contribution in [3.8, 4) is 0 Å². The normalized spacial score (nSPS) is 10.4. The number of carbonyl (C=O) groups excluding carboxylic acids is 1. The number of furan rings is 1. The van der Waals surface area contributed by atoms with Crippen LogP contribution in [0.15, 0.2) is 65.6 Å². The highest BCUT2D eigenvalue weighted by Gasteiger charge is 2.09. The topological polar surface area (TPSA) is 54.3 Å². The Morgan fingerprint density at radius 3 is 2.50 bits per heavy atom. The van der Waals surface area contributed by atoms with Gasteiger partial charge in [0.2, 0.25) is 0 Å². The van der Waals surface area contributed by atoms with Gasteiger partial charge in [0.05, 0.1) is 5.70 Å².